The van der Waals surface area contributed by atoms with Gasteiger partial charge in [0, 0.05) is 12.1 Å². The monoisotopic (exact) mass is 278 g/mol. The maximum atomic E-state index is 13.1. The summed E-state index contributed by atoms with van der Waals surface area (Å²) in [6.07, 6.45) is 1.08. The number of halogens is 1. The zero-order chi connectivity index (χ0) is 14.7. The number of rotatable bonds is 4. The van der Waals surface area contributed by atoms with E-state index in [-0.39, 0.29) is 17.2 Å². The fourth-order valence-electron chi connectivity index (χ4n) is 1.41. The Morgan fingerprint density at radius 2 is 2.10 bits per heavy atom. The van der Waals surface area contributed by atoms with Gasteiger partial charge in [-0.2, -0.15) is 0 Å². The number of pyridine rings is 1. The molecule has 102 valence electrons. The van der Waals surface area contributed by atoms with Gasteiger partial charge in [0.25, 0.3) is 0 Å². The molecule has 2 aromatic rings. The average Bonchev–Trinajstić information content (AvgIpc) is 2.39. The van der Waals surface area contributed by atoms with Gasteiger partial charge < -0.3 is 9.84 Å². The van der Waals surface area contributed by atoms with Crippen molar-refractivity contribution >= 4 is 11.7 Å². The van der Waals surface area contributed by atoms with Gasteiger partial charge in [0.15, 0.2) is 0 Å². The van der Waals surface area contributed by atoms with Crippen LogP contribution >= 0.6 is 0 Å². The highest BCUT2D eigenvalue weighted by Crippen LogP contribution is 2.31. The second-order valence-electron chi connectivity index (χ2n) is 3.66. The highest BCUT2D eigenvalue weighted by atomic mass is 19.1. The minimum Gasteiger partial charge on any atom is -0.477 e. The summed E-state index contributed by atoms with van der Waals surface area (Å²) in [4.78, 5) is 24.3. The van der Waals surface area contributed by atoms with Crippen molar-refractivity contribution in [2.24, 2.45) is 0 Å². The van der Waals surface area contributed by atoms with Crippen molar-refractivity contribution in [1.29, 1.82) is 0 Å². The van der Waals surface area contributed by atoms with Gasteiger partial charge in [-0.15, -0.1) is 0 Å². The minimum atomic E-state index is -1.21. The molecule has 0 spiro atoms. The third-order valence-corrected chi connectivity index (χ3v) is 2.30. The number of benzene rings is 1. The number of aromatic nitrogens is 1. The van der Waals surface area contributed by atoms with Gasteiger partial charge in [0.2, 0.25) is 5.75 Å². The molecule has 7 nitrogen and oxygen atoms in total. The molecule has 0 aliphatic carbocycles. The number of ether oxygens (including phenoxy) is 1. The number of nitrogens with zero attached hydrogens (tertiary/aromatic N) is 2. The predicted octanol–water partition coefficient (Wildman–Crippen LogP) is 2.62. The van der Waals surface area contributed by atoms with Crippen LogP contribution in [0, 0.1) is 15.9 Å². The van der Waals surface area contributed by atoms with Crippen LogP contribution in [0.3, 0.4) is 0 Å². The molecule has 0 bridgehead atoms. The van der Waals surface area contributed by atoms with E-state index >= 15 is 0 Å². The van der Waals surface area contributed by atoms with Crippen molar-refractivity contribution in [3.63, 3.8) is 0 Å². The Kier molecular flexibility index (Phi) is 3.56. The van der Waals surface area contributed by atoms with Crippen molar-refractivity contribution in [2.75, 3.05) is 0 Å². The fourth-order valence-corrected chi connectivity index (χ4v) is 1.41. The smallest absolute Gasteiger partial charge is 0.354 e. The molecule has 0 amide bonds. The van der Waals surface area contributed by atoms with Crippen molar-refractivity contribution in [1.82, 2.24) is 4.98 Å². The third-order valence-electron chi connectivity index (χ3n) is 2.30. The van der Waals surface area contributed by atoms with Gasteiger partial charge in [-0.25, -0.2) is 14.2 Å². The largest absolute Gasteiger partial charge is 0.477 e. The van der Waals surface area contributed by atoms with Crippen molar-refractivity contribution in [3.8, 4) is 11.5 Å². The molecular formula is C12H7FN2O5. The number of aromatic carboxylic acids is 1. The summed E-state index contributed by atoms with van der Waals surface area (Å²) in [5, 5.41) is 19.5. The quantitative estimate of drug-likeness (QED) is 0.681. The summed E-state index contributed by atoms with van der Waals surface area (Å²) in [6, 6.07) is 5.22. The van der Waals surface area contributed by atoms with Crippen LogP contribution in [0.1, 0.15) is 10.5 Å². The lowest BCUT2D eigenvalue weighted by atomic mass is 10.3. The van der Waals surface area contributed by atoms with Gasteiger partial charge in [0.1, 0.15) is 17.3 Å². The third kappa shape index (κ3) is 2.86. The Hall–Kier alpha value is -3.03. The first-order valence-corrected chi connectivity index (χ1v) is 5.28. The SMILES string of the molecule is O=C(O)c1ccc(Oc2cc(F)ccc2[N+](=O)[O-])cn1. The molecule has 0 atom stereocenters. The molecule has 20 heavy (non-hydrogen) atoms. The lowest BCUT2D eigenvalue weighted by molar-refractivity contribution is -0.385. The van der Waals surface area contributed by atoms with Gasteiger partial charge in [-0.05, 0) is 18.2 Å². The number of carbonyl (C=O) groups is 1. The van der Waals surface area contributed by atoms with Crippen LogP contribution in [0.15, 0.2) is 36.5 Å². The Bertz CT molecular complexity index is 672. The lowest BCUT2D eigenvalue weighted by Crippen LogP contribution is -2.00. The van der Waals surface area contributed by atoms with Crippen LogP contribution in [0.4, 0.5) is 10.1 Å². The van der Waals surface area contributed by atoms with E-state index in [0.717, 1.165) is 24.4 Å². The molecule has 0 saturated heterocycles. The van der Waals surface area contributed by atoms with Crippen LogP contribution in [0.2, 0.25) is 0 Å². The summed E-state index contributed by atoms with van der Waals surface area (Å²) in [5.41, 5.74) is -0.611. The number of nitro benzene ring substituents is 1. The molecule has 1 N–H and O–H groups in total. The summed E-state index contributed by atoms with van der Waals surface area (Å²) in [7, 11) is 0. The second-order valence-corrected chi connectivity index (χ2v) is 3.66. The van der Waals surface area contributed by atoms with E-state index in [4.69, 9.17) is 9.84 Å². The van der Waals surface area contributed by atoms with E-state index in [2.05, 4.69) is 4.98 Å². The summed E-state index contributed by atoms with van der Waals surface area (Å²) in [5.74, 6) is -2.14. The maximum absolute atomic E-state index is 13.1. The van der Waals surface area contributed by atoms with Crippen LogP contribution in [0.5, 0.6) is 11.5 Å². The van der Waals surface area contributed by atoms with Crippen LogP contribution < -0.4 is 4.74 Å². The van der Waals surface area contributed by atoms with Crippen LogP contribution in [0.25, 0.3) is 0 Å². The maximum Gasteiger partial charge on any atom is 0.354 e. The number of nitro groups is 1. The van der Waals surface area contributed by atoms with Crippen molar-refractivity contribution in [2.45, 2.75) is 0 Å². The number of hydrogen-bond acceptors (Lipinski definition) is 5. The molecule has 8 heteroatoms. The molecule has 0 aliphatic rings. The molecular weight excluding hydrogens is 271 g/mol. The first-order valence-electron chi connectivity index (χ1n) is 5.28. The Labute approximate surface area is 111 Å². The van der Waals surface area contributed by atoms with Gasteiger partial charge >= 0.3 is 11.7 Å². The highest BCUT2D eigenvalue weighted by Gasteiger charge is 2.17. The van der Waals surface area contributed by atoms with E-state index in [9.17, 15) is 19.3 Å². The molecule has 0 aliphatic heterocycles. The second kappa shape index (κ2) is 5.31. The van der Waals surface area contributed by atoms with Crippen LogP contribution in [-0.4, -0.2) is 21.0 Å². The minimum absolute atomic E-state index is 0.0590. The number of hydrogen-bond donors (Lipinski definition) is 1. The molecule has 1 heterocycles. The number of carboxylic acid groups (broad SMARTS) is 1. The topological polar surface area (TPSA) is 103 Å². The van der Waals surface area contributed by atoms with Gasteiger partial charge in [0.05, 0.1) is 11.1 Å². The Balaban J connectivity index is 2.31. The summed E-state index contributed by atoms with van der Waals surface area (Å²) < 4.78 is 18.2. The van der Waals surface area contributed by atoms with Gasteiger partial charge in [-0.3, -0.25) is 10.1 Å². The average molecular weight is 278 g/mol. The molecule has 0 radical (unpaired) electrons. The standard InChI is InChI=1S/C12H7FN2O5/c13-7-1-4-10(15(18)19)11(5-7)20-8-2-3-9(12(16)17)14-6-8/h1-6H,(H,16,17). The Morgan fingerprint density at radius 3 is 2.65 bits per heavy atom. The van der Waals surface area contributed by atoms with Crippen molar-refractivity contribution in [3.05, 3.63) is 58.2 Å². The molecule has 0 unspecified atom stereocenters. The van der Waals surface area contributed by atoms with Crippen molar-refractivity contribution < 1.29 is 24.0 Å². The fraction of sp³-hybridized carbons (Fsp3) is 0. The summed E-state index contributed by atoms with van der Waals surface area (Å²) in [6.45, 7) is 0. The first kappa shape index (κ1) is 13.4. The van der Waals surface area contributed by atoms with E-state index in [0.29, 0.717) is 0 Å². The predicted molar refractivity (Wildman–Crippen MR) is 64.3 cm³/mol. The lowest BCUT2D eigenvalue weighted by Gasteiger charge is -2.06. The first-order chi connectivity index (χ1) is 9.47. The molecule has 0 saturated carbocycles. The molecule has 1 aromatic heterocycles. The zero-order valence-corrected chi connectivity index (χ0v) is 9.82. The van der Waals surface area contributed by atoms with Gasteiger partial charge in [-0.1, -0.05) is 0 Å². The molecule has 2 rings (SSSR count). The van der Waals surface area contributed by atoms with E-state index in [1.54, 1.807) is 0 Å². The summed E-state index contributed by atoms with van der Waals surface area (Å²) >= 11 is 0. The Morgan fingerprint density at radius 1 is 1.35 bits per heavy atom. The van der Waals surface area contributed by atoms with E-state index in [1.807, 2.05) is 0 Å². The normalized spacial score (nSPS) is 10.1. The van der Waals surface area contributed by atoms with E-state index in [1.165, 1.54) is 12.1 Å². The number of carboxylic acids is 1. The zero-order valence-electron chi connectivity index (χ0n) is 9.82. The molecule has 1 aromatic carbocycles. The molecule has 0 fully saturated rings. The van der Waals surface area contributed by atoms with Crippen LogP contribution in [-0.2, 0) is 0 Å². The van der Waals surface area contributed by atoms with E-state index < -0.39 is 22.4 Å². The highest BCUT2D eigenvalue weighted by molar-refractivity contribution is 5.85.